The molecule has 0 aromatic carbocycles. The number of likely N-dealkylation sites (N-methyl/N-ethyl adjacent to an activating group) is 1. The van der Waals surface area contributed by atoms with Gasteiger partial charge in [-0.25, -0.2) is 0 Å². The van der Waals surface area contributed by atoms with Gasteiger partial charge in [0, 0.05) is 13.7 Å². The molecule has 0 saturated heterocycles. The van der Waals surface area contributed by atoms with Crippen LogP contribution in [0.4, 0.5) is 0 Å². The number of hydrogen-bond donors (Lipinski definition) is 1. The Hall–Kier alpha value is -0.570. The van der Waals surface area contributed by atoms with Crippen LogP contribution in [0.1, 0.15) is 27.2 Å². The van der Waals surface area contributed by atoms with Crippen LogP contribution in [0.5, 0.6) is 0 Å². The minimum absolute atomic E-state index is 0.0658. The second-order valence-corrected chi connectivity index (χ2v) is 4.04. The largest absolute Gasteiger partial charge is 0.372 e. The second-order valence-electron chi connectivity index (χ2n) is 4.04. The zero-order valence-corrected chi connectivity index (χ0v) is 8.44. The molecule has 3 heteroatoms. The standard InChI is InChI=1S/C9H19NO2/c1-9(2,3)5-6-12-7-8(11)10-4/h5-7H2,1-4H3,(H,10,11). The summed E-state index contributed by atoms with van der Waals surface area (Å²) in [7, 11) is 1.61. The molecule has 0 saturated carbocycles. The van der Waals surface area contributed by atoms with Crippen molar-refractivity contribution in [2.24, 2.45) is 5.41 Å². The number of nitrogens with one attached hydrogen (secondary N) is 1. The Labute approximate surface area is 74.5 Å². The van der Waals surface area contributed by atoms with Gasteiger partial charge in [-0.2, -0.15) is 0 Å². The first-order valence-corrected chi connectivity index (χ1v) is 4.24. The predicted molar refractivity (Wildman–Crippen MR) is 49.0 cm³/mol. The maximum absolute atomic E-state index is 10.7. The van der Waals surface area contributed by atoms with Crippen molar-refractivity contribution >= 4 is 5.91 Å². The summed E-state index contributed by atoms with van der Waals surface area (Å²) in [5.41, 5.74) is 0.280. The van der Waals surface area contributed by atoms with Crippen LogP contribution >= 0.6 is 0 Å². The summed E-state index contributed by atoms with van der Waals surface area (Å²) in [5, 5.41) is 2.50. The number of rotatable bonds is 4. The maximum atomic E-state index is 10.7. The smallest absolute Gasteiger partial charge is 0.245 e. The van der Waals surface area contributed by atoms with Crippen LogP contribution in [0.25, 0.3) is 0 Å². The molecule has 3 nitrogen and oxygen atoms in total. The van der Waals surface area contributed by atoms with E-state index in [9.17, 15) is 4.79 Å². The van der Waals surface area contributed by atoms with Gasteiger partial charge >= 0.3 is 0 Å². The molecule has 0 aliphatic rings. The van der Waals surface area contributed by atoms with E-state index in [0.29, 0.717) is 6.61 Å². The highest BCUT2D eigenvalue weighted by molar-refractivity contribution is 5.76. The molecule has 0 fully saturated rings. The van der Waals surface area contributed by atoms with Crippen molar-refractivity contribution in [2.75, 3.05) is 20.3 Å². The Morgan fingerprint density at radius 1 is 1.42 bits per heavy atom. The topological polar surface area (TPSA) is 38.3 Å². The molecular formula is C9H19NO2. The molecule has 72 valence electrons. The zero-order valence-electron chi connectivity index (χ0n) is 8.44. The van der Waals surface area contributed by atoms with E-state index in [0.717, 1.165) is 6.42 Å². The minimum atomic E-state index is -0.0658. The Bertz CT molecular complexity index is 138. The Balaban J connectivity index is 3.28. The van der Waals surface area contributed by atoms with Crippen LogP contribution in [0.15, 0.2) is 0 Å². The van der Waals surface area contributed by atoms with Crippen molar-refractivity contribution in [3.8, 4) is 0 Å². The lowest BCUT2D eigenvalue weighted by Crippen LogP contribution is -2.24. The molecule has 0 aliphatic carbocycles. The van der Waals surface area contributed by atoms with Crippen molar-refractivity contribution in [2.45, 2.75) is 27.2 Å². The lowest BCUT2D eigenvalue weighted by Gasteiger charge is -2.17. The molecule has 0 radical (unpaired) electrons. The lowest BCUT2D eigenvalue weighted by atomic mass is 9.93. The quantitative estimate of drug-likeness (QED) is 0.648. The zero-order chi connectivity index (χ0) is 9.61. The molecule has 0 spiro atoms. The third kappa shape index (κ3) is 7.54. The van der Waals surface area contributed by atoms with E-state index in [1.807, 2.05) is 0 Å². The SMILES string of the molecule is CNC(=O)COCCC(C)(C)C. The third-order valence-electron chi connectivity index (χ3n) is 1.51. The normalized spacial score (nSPS) is 11.3. The molecule has 0 unspecified atom stereocenters. The van der Waals surface area contributed by atoms with Crippen molar-refractivity contribution in [1.82, 2.24) is 5.32 Å². The summed E-state index contributed by atoms with van der Waals surface area (Å²) in [5.74, 6) is -0.0658. The molecule has 0 atom stereocenters. The summed E-state index contributed by atoms with van der Waals surface area (Å²) >= 11 is 0. The molecular weight excluding hydrogens is 154 g/mol. The number of hydrogen-bond acceptors (Lipinski definition) is 2. The number of carbonyl (C=O) groups excluding carboxylic acids is 1. The van der Waals surface area contributed by atoms with Crippen molar-refractivity contribution in [3.05, 3.63) is 0 Å². The van der Waals surface area contributed by atoms with Gasteiger partial charge in [-0.3, -0.25) is 4.79 Å². The summed E-state index contributed by atoms with van der Waals surface area (Å²) in [4.78, 5) is 10.7. The van der Waals surface area contributed by atoms with Crippen molar-refractivity contribution in [1.29, 1.82) is 0 Å². The Morgan fingerprint density at radius 3 is 2.42 bits per heavy atom. The van der Waals surface area contributed by atoms with Crippen LogP contribution in [0.3, 0.4) is 0 Å². The molecule has 0 bridgehead atoms. The Kier molecular flexibility index (Phi) is 4.90. The van der Waals surface area contributed by atoms with Crippen LogP contribution in [0, 0.1) is 5.41 Å². The third-order valence-corrected chi connectivity index (χ3v) is 1.51. The second kappa shape index (κ2) is 5.14. The van der Waals surface area contributed by atoms with Crippen LogP contribution in [-0.4, -0.2) is 26.2 Å². The van der Waals surface area contributed by atoms with E-state index in [1.54, 1.807) is 7.05 Å². The summed E-state index contributed by atoms with van der Waals surface area (Å²) in [6.45, 7) is 7.27. The number of amides is 1. The highest BCUT2D eigenvalue weighted by Gasteiger charge is 2.09. The van der Waals surface area contributed by atoms with Crippen molar-refractivity contribution < 1.29 is 9.53 Å². The summed E-state index contributed by atoms with van der Waals surface area (Å²) in [6.07, 6.45) is 0.976. The summed E-state index contributed by atoms with van der Waals surface area (Å²) in [6, 6.07) is 0. The molecule has 0 aliphatic heterocycles. The van der Waals surface area contributed by atoms with Crippen LogP contribution in [-0.2, 0) is 9.53 Å². The summed E-state index contributed by atoms with van der Waals surface area (Å²) < 4.78 is 5.15. The fraction of sp³-hybridized carbons (Fsp3) is 0.889. The minimum Gasteiger partial charge on any atom is -0.372 e. The van der Waals surface area contributed by atoms with Gasteiger partial charge in [0.1, 0.15) is 6.61 Å². The van der Waals surface area contributed by atoms with E-state index >= 15 is 0 Å². The molecule has 12 heavy (non-hydrogen) atoms. The van der Waals surface area contributed by atoms with E-state index in [1.165, 1.54) is 0 Å². The van der Waals surface area contributed by atoms with Gasteiger partial charge in [0.15, 0.2) is 0 Å². The fourth-order valence-corrected chi connectivity index (χ4v) is 0.615. The van der Waals surface area contributed by atoms with E-state index in [-0.39, 0.29) is 17.9 Å². The predicted octanol–water partition coefficient (Wildman–Crippen LogP) is 1.19. The number of ether oxygens (including phenoxy) is 1. The van der Waals surface area contributed by atoms with Gasteiger partial charge < -0.3 is 10.1 Å². The average molecular weight is 173 g/mol. The molecule has 1 N–H and O–H groups in total. The molecule has 0 aromatic rings. The first-order valence-electron chi connectivity index (χ1n) is 4.24. The Morgan fingerprint density at radius 2 is 2.00 bits per heavy atom. The lowest BCUT2D eigenvalue weighted by molar-refractivity contribution is -0.125. The van der Waals surface area contributed by atoms with Crippen molar-refractivity contribution in [3.63, 3.8) is 0 Å². The van der Waals surface area contributed by atoms with Gasteiger partial charge in [-0.15, -0.1) is 0 Å². The molecule has 1 amide bonds. The van der Waals surface area contributed by atoms with E-state index in [4.69, 9.17) is 4.74 Å². The number of carbonyl (C=O) groups is 1. The highest BCUT2D eigenvalue weighted by atomic mass is 16.5. The molecule has 0 aromatic heterocycles. The molecule has 0 heterocycles. The van der Waals surface area contributed by atoms with Gasteiger partial charge in [0.2, 0.25) is 5.91 Å². The maximum Gasteiger partial charge on any atom is 0.245 e. The van der Waals surface area contributed by atoms with E-state index in [2.05, 4.69) is 26.1 Å². The average Bonchev–Trinajstić information content (AvgIpc) is 1.96. The van der Waals surface area contributed by atoms with E-state index < -0.39 is 0 Å². The van der Waals surface area contributed by atoms with Gasteiger partial charge in [-0.05, 0) is 11.8 Å². The first kappa shape index (κ1) is 11.4. The van der Waals surface area contributed by atoms with Gasteiger partial charge in [-0.1, -0.05) is 20.8 Å². The van der Waals surface area contributed by atoms with Gasteiger partial charge in [0.05, 0.1) is 0 Å². The van der Waals surface area contributed by atoms with Crippen LogP contribution in [0.2, 0.25) is 0 Å². The monoisotopic (exact) mass is 173 g/mol. The fourth-order valence-electron chi connectivity index (χ4n) is 0.615. The highest BCUT2D eigenvalue weighted by Crippen LogP contribution is 2.17. The van der Waals surface area contributed by atoms with Gasteiger partial charge in [0.25, 0.3) is 0 Å². The van der Waals surface area contributed by atoms with Crippen LogP contribution < -0.4 is 5.32 Å². The first-order chi connectivity index (χ1) is 5.45. The molecule has 0 rings (SSSR count).